The SMILES string of the molecule is COc1ccc(C[C@H](NC(=O)[C@H](C)CC(=O)Cc2cnc(C)s2)C(=O)N[C@@H](Cc2ccccc2)C(=O)[C@@]2(C)CO2)cc1. The number of methoxy groups -OCH3 is 1. The first kappa shape index (κ1) is 31.1. The highest BCUT2D eigenvalue weighted by molar-refractivity contribution is 7.11. The van der Waals surface area contributed by atoms with E-state index in [1.165, 1.54) is 11.3 Å². The number of carbonyl (C=O) groups excluding carboxylic acids is 4. The number of ether oxygens (including phenoxy) is 2. The molecule has 0 unspecified atom stereocenters. The van der Waals surface area contributed by atoms with Gasteiger partial charge in [-0.25, -0.2) is 4.98 Å². The molecule has 2 heterocycles. The van der Waals surface area contributed by atoms with Gasteiger partial charge in [0.05, 0.1) is 24.8 Å². The molecular weight excluding hydrogens is 554 g/mol. The van der Waals surface area contributed by atoms with Gasteiger partial charge >= 0.3 is 0 Å². The monoisotopic (exact) mass is 591 g/mol. The summed E-state index contributed by atoms with van der Waals surface area (Å²) in [4.78, 5) is 58.0. The van der Waals surface area contributed by atoms with Crippen LogP contribution in [-0.2, 0) is 43.2 Å². The van der Waals surface area contributed by atoms with Gasteiger partial charge in [-0.15, -0.1) is 11.3 Å². The van der Waals surface area contributed by atoms with Gasteiger partial charge in [-0.05, 0) is 43.5 Å². The molecule has 0 saturated carbocycles. The van der Waals surface area contributed by atoms with Crippen LogP contribution in [0.2, 0.25) is 0 Å². The Labute approximate surface area is 250 Å². The Morgan fingerprint density at radius 1 is 0.976 bits per heavy atom. The molecule has 2 N–H and O–H groups in total. The standard InChI is InChI=1S/C32H37N3O6S/c1-20(14-24(36)17-26-18-33-21(2)42-26)30(38)35-28(16-23-10-12-25(40-4)13-11-23)31(39)34-27(29(37)32(3)19-41-32)15-22-8-6-5-7-9-22/h5-13,18,20,27-28H,14-17,19H2,1-4H3,(H,34,39)(H,35,38)/t20-,27+,28+,32-/m1/s1. The van der Waals surface area contributed by atoms with Crippen LogP contribution in [0.1, 0.15) is 41.3 Å². The summed E-state index contributed by atoms with van der Waals surface area (Å²) in [6, 6.07) is 14.8. The van der Waals surface area contributed by atoms with Gasteiger partial charge in [-0.3, -0.25) is 19.2 Å². The topological polar surface area (TPSA) is 127 Å². The molecule has 1 aromatic heterocycles. The van der Waals surface area contributed by atoms with Gasteiger partial charge in [0, 0.05) is 36.3 Å². The van der Waals surface area contributed by atoms with E-state index in [0.717, 1.165) is 21.0 Å². The largest absolute Gasteiger partial charge is 0.497 e. The summed E-state index contributed by atoms with van der Waals surface area (Å²) in [6.07, 6.45) is 2.39. The van der Waals surface area contributed by atoms with Crippen molar-refractivity contribution in [2.45, 2.75) is 64.1 Å². The zero-order chi connectivity index (χ0) is 30.3. The summed E-state index contributed by atoms with van der Waals surface area (Å²) < 4.78 is 10.6. The third-order valence-corrected chi connectivity index (χ3v) is 8.18. The minimum atomic E-state index is -0.980. The van der Waals surface area contributed by atoms with Gasteiger partial charge in [0.2, 0.25) is 11.8 Å². The lowest BCUT2D eigenvalue weighted by atomic mass is 9.94. The van der Waals surface area contributed by atoms with Crippen LogP contribution in [0.15, 0.2) is 60.8 Å². The number of ketones is 2. The molecule has 3 aromatic rings. The van der Waals surface area contributed by atoms with Gasteiger partial charge in [-0.1, -0.05) is 49.4 Å². The van der Waals surface area contributed by atoms with Crippen molar-refractivity contribution in [3.8, 4) is 5.75 Å². The fraction of sp³-hybridized carbons (Fsp3) is 0.406. The molecule has 222 valence electrons. The molecule has 4 atom stereocenters. The molecule has 0 aliphatic carbocycles. The minimum absolute atomic E-state index is 0.0322. The Morgan fingerprint density at radius 2 is 1.60 bits per heavy atom. The summed E-state index contributed by atoms with van der Waals surface area (Å²) in [5.74, 6) is -1.19. The third kappa shape index (κ3) is 8.56. The molecule has 4 rings (SSSR count). The molecule has 1 aliphatic heterocycles. The summed E-state index contributed by atoms with van der Waals surface area (Å²) in [5.41, 5.74) is 0.746. The Kier molecular flexibility index (Phi) is 10.2. The van der Waals surface area contributed by atoms with Gasteiger partial charge in [0.15, 0.2) is 5.78 Å². The number of nitrogens with zero attached hydrogens (tertiary/aromatic N) is 1. The number of rotatable bonds is 15. The van der Waals surface area contributed by atoms with Crippen molar-refractivity contribution in [2.24, 2.45) is 5.92 Å². The first-order chi connectivity index (χ1) is 20.1. The lowest BCUT2D eigenvalue weighted by Gasteiger charge is -2.25. The predicted molar refractivity (Wildman–Crippen MR) is 159 cm³/mol. The van der Waals surface area contributed by atoms with Gasteiger partial charge in [-0.2, -0.15) is 0 Å². The quantitative estimate of drug-likeness (QED) is 0.259. The number of thiazole rings is 1. The molecule has 0 spiro atoms. The molecule has 2 aromatic carbocycles. The molecule has 1 saturated heterocycles. The molecule has 0 bridgehead atoms. The van der Waals surface area contributed by atoms with Gasteiger partial charge in [0.25, 0.3) is 0 Å². The molecule has 10 heteroatoms. The van der Waals surface area contributed by atoms with Crippen molar-refractivity contribution >= 4 is 34.7 Å². The van der Waals surface area contributed by atoms with Crippen LogP contribution in [0.5, 0.6) is 5.75 Å². The van der Waals surface area contributed by atoms with E-state index in [-0.39, 0.29) is 37.2 Å². The van der Waals surface area contributed by atoms with Crippen LogP contribution in [0.3, 0.4) is 0 Å². The van der Waals surface area contributed by atoms with Crippen molar-refractivity contribution in [3.05, 3.63) is 81.8 Å². The normalized spacial score (nSPS) is 17.9. The highest BCUT2D eigenvalue weighted by Gasteiger charge is 2.50. The van der Waals surface area contributed by atoms with Gasteiger partial charge < -0.3 is 20.1 Å². The number of benzene rings is 2. The maximum atomic E-state index is 13.7. The molecular formula is C32H37N3O6S. The van der Waals surface area contributed by atoms with Crippen LogP contribution < -0.4 is 15.4 Å². The second kappa shape index (κ2) is 13.8. The maximum Gasteiger partial charge on any atom is 0.243 e. The second-order valence-electron chi connectivity index (χ2n) is 10.9. The Balaban J connectivity index is 1.48. The van der Waals surface area contributed by atoms with E-state index in [4.69, 9.17) is 9.47 Å². The van der Waals surface area contributed by atoms with Crippen molar-refractivity contribution in [3.63, 3.8) is 0 Å². The fourth-order valence-corrected chi connectivity index (χ4v) is 5.48. The summed E-state index contributed by atoms with van der Waals surface area (Å²) in [6.45, 7) is 5.55. The minimum Gasteiger partial charge on any atom is -0.497 e. The number of aryl methyl sites for hydroxylation is 1. The zero-order valence-electron chi connectivity index (χ0n) is 24.3. The van der Waals surface area contributed by atoms with E-state index >= 15 is 0 Å². The molecule has 2 amide bonds. The molecule has 1 aliphatic rings. The number of hydrogen-bond acceptors (Lipinski definition) is 8. The summed E-state index contributed by atoms with van der Waals surface area (Å²) in [5, 5.41) is 6.61. The number of amides is 2. The number of epoxide rings is 1. The number of Topliss-reactive ketones (excluding diaryl/α,β-unsaturated/α-hetero) is 2. The van der Waals surface area contributed by atoms with Gasteiger partial charge in [0.1, 0.15) is 23.2 Å². The average molecular weight is 592 g/mol. The Bertz CT molecular complexity index is 1400. The van der Waals surface area contributed by atoms with Crippen LogP contribution in [0.4, 0.5) is 0 Å². The van der Waals surface area contributed by atoms with E-state index < -0.39 is 35.4 Å². The van der Waals surface area contributed by atoms with Crippen LogP contribution in [-0.4, -0.2) is 59.8 Å². The fourth-order valence-electron chi connectivity index (χ4n) is 4.66. The zero-order valence-corrected chi connectivity index (χ0v) is 25.2. The number of hydrogen-bond donors (Lipinski definition) is 2. The first-order valence-corrected chi connectivity index (χ1v) is 14.8. The molecule has 9 nitrogen and oxygen atoms in total. The van der Waals surface area contributed by atoms with Crippen LogP contribution in [0.25, 0.3) is 0 Å². The highest BCUT2D eigenvalue weighted by atomic mass is 32.1. The maximum absolute atomic E-state index is 13.7. The lowest BCUT2D eigenvalue weighted by molar-refractivity contribution is -0.134. The van der Waals surface area contributed by atoms with Crippen LogP contribution >= 0.6 is 11.3 Å². The Morgan fingerprint density at radius 3 is 2.19 bits per heavy atom. The highest BCUT2D eigenvalue weighted by Crippen LogP contribution is 2.29. The van der Waals surface area contributed by atoms with E-state index in [1.807, 2.05) is 49.4 Å². The molecule has 1 fully saturated rings. The number of aromatic nitrogens is 1. The summed E-state index contributed by atoms with van der Waals surface area (Å²) >= 11 is 1.45. The summed E-state index contributed by atoms with van der Waals surface area (Å²) in [7, 11) is 1.57. The van der Waals surface area contributed by atoms with E-state index in [1.54, 1.807) is 39.3 Å². The number of carbonyl (C=O) groups is 4. The second-order valence-corrected chi connectivity index (χ2v) is 12.2. The van der Waals surface area contributed by atoms with Crippen molar-refractivity contribution in [2.75, 3.05) is 13.7 Å². The van der Waals surface area contributed by atoms with Crippen molar-refractivity contribution in [1.29, 1.82) is 0 Å². The first-order valence-electron chi connectivity index (χ1n) is 13.9. The van der Waals surface area contributed by atoms with E-state index in [0.29, 0.717) is 12.4 Å². The predicted octanol–water partition coefficient (Wildman–Crippen LogP) is 3.41. The third-order valence-electron chi connectivity index (χ3n) is 7.27. The van der Waals surface area contributed by atoms with E-state index in [9.17, 15) is 19.2 Å². The van der Waals surface area contributed by atoms with Crippen LogP contribution in [0, 0.1) is 12.8 Å². The number of nitrogens with one attached hydrogen (secondary N) is 2. The van der Waals surface area contributed by atoms with Crippen molar-refractivity contribution in [1.82, 2.24) is 15.6 Å². The Hall–Kier alpha value is -3.89. The van der Waals surface area contributed by atoms with Crippen molar-refractivity contribution < 1.29 is 28.7 Å². The van der Waals surface area contributed by atoms with E-state index in [2.05, 4.69) is 15.6 Å². The smallest absolute Gasteiger partial charge is 0.243 e. The molecule has 42 heavy (non-hydrogen) atoms. The lowest BCUT2D eigenvalue weighted by Crippen LogP contribution is -2.55. The molecule has 0 radical (unpaired) electrons. The average Bonchev–Trinajstić information content (AvgIpc) is 3.60.